The molecule has 134 valence electrons. The summed E-state index contributed by atoms with van der Waals surface area (Å²) in [5.41, 5.74) is 5.16. The molecule has 4 rings (SSSR count). The molecule has 26 heavy (non-hydrogen) atoms. The number of nitrogens with one attached hydrogen (secondary N) is 2. The number of anilines is 1. The molecule has 2 heterocycles. The van der Waals surface area contributed by atoms with Gasteiger partial charge in [0, 0.05) is 23.1 Å². The zero-order valence-corrected chi connectivity index (χ0v) is 15.3. The number of hydrogen-bond donors (Lipinski definition) is 2. The predicted molar refractivity (Wildman–Crippen MR) is 103 cm³/mol. The maximum Gasteiger partial charge on any atom is 0.255 e. The monoisotopic (exact) mass is 367 g/mol. The molecule has 0 spiro atoms. The first-order chi connectivity index (χ1) is 12.6. The first-order valence-electron chi connectivity index (χ1n) is 8.75. The minimum Gasteiger partial charge on any atom is -0.299 e. The Morgan fingerprint density at radius 3 is 2.54 bits per heavy atom. The van der Waals surface area contributed by atoms with Gasteiger partial charge in [-0.25, -0.2) is 10.4 Å². The molecule has 1 amide bonds. The molecule has 5 nitrogen and oxygen atoms in total. The lowest BCUT2D eigenvalue weighted by Crippen LogP contribution is -2.56. The van der Waals surface area contributed by atoms with Crippen LogP contribution in [0, 0.1) is 12.8 Å². The van der Waals surface area contributed by atoms with Crippen molar-refractivity contribution in [2.75, 3.05) is 10.8 Å². The Balaban J connectivity index is 1.42. The number of rotatable bonds is 4. The van der Waals surface area contributed by atoms with E-state index in [0.717, 1.165) is 11.4 Å². The molecule has 2 aliphatic heterocycles. The summed E-state index contributed by atoms with van der Waals surface area (Å²) in [4.78, 5) is 26.4. The molecule has 2 aromatic rings. The van der Waals surface area contributed by atoms with Gasteiger partial charge in [0.15, 0.2) is 0 Å². The Hall–Kier alpha value is -2.15. The van der Waals surface area contributed by atoms with E-state index in [1.165, 1.54) is 15.5 Å². The zero-order valence-electron chi connectivity index (χ0n) is 14.5. The number of benzene rings is 2. The van der Waals surface area contributed by atoms with Gasteiger partial charge in [0.05, 0.1) is 11.9 Å². The van der Waals surface area contributed by atoms with E-state index in [9.17, 15) is 9.59 Å². The highest BCUT2D eigenvalue weighted by atomic mass is 32.2. The second kappa shape index (κ2) is 7.23. The predicted octanol–water partition coefficient (Wildman–Crippen LogP) is 2.51. The van der Waals surface area contributed by atoms with Gasteiger partial charge in [0.1, 0.15) is 11.7 Å². The molecule has 2 N–H and O–H groups in total. The molecule has 0 aliphatic carbocycles. The minimum atomic E-state index is -0.643. The average Bonchev–Trinajstić information content (AvgIpc) is 2.99. The highest BCUT2D eigenvalue weighted by molar-refractivity contribution is 7.99. The zero-order chi connectivity index (χ0) is 18.1. The van der Waals surface area contributed by atoms with Gasteiger partial charge in [-0.2, -0.15) is 0 Å². The molecule has 2 aliphatic rings. The lowest BCUT2D eigenvalue weighted by atomic mass is 9.91. The number of aryl methyl sites for hydroxylation is 1. The third-order valence-electron chi connectivity index (χ3n) is 4.78. The first-order valence-corrected chi connectivity index (χ1v) is 9.74. The van der Waals surface area contributed by atoms with Gasteiger partial charge in [-0.1, -0.05) is 35.9 Å². The standard InChI is InChI=1S/C20H21N3O2S/c1-13-7-9-16(10-8-13)26-12-14-11-17(24)18-19(21-14)22-23(20(18)25)15-5-3-2-4-6-15/h2-10,14,18-19,21-22H,11-12H2,1H3. The van der Waals surface area contributed by atoms with Gasteiger partial charge in [-0.05, 0) is 31.2 Å². The molecule has 3 atom stereocenters. The molecule has 0 bridgehead atoms. The molecular weight excluding hydrogens is 346 g/mol. The number of hydrogen-bond acceptors (Lipinski definition) is 5. The average molecular weight is 367 g/mol. The number of Topliss-reactive ketones (excluding diaryl/α,β-unsaturated/α-hetero) is 1. The Bertz CT molecular complexity index is 810. The van der Waals surface area contributed by atoms with Crippen molar-refractivity contribution in [3.05, 3.63) is 60.2 Å². The molecule has 3 unspecified atom stereocenters. The van der Waals surface area contributed by atoms with Crippen molar-refractivity contribution in [2.24, 2.45) is 5.92 Å². The molecular formula is C20H21N3O2S. The summed E-state index contributed by atoms with van der Waals surface area (Å²) in [6.07, 6.45) is 0.0448. The van der Waals surface area contributed by atoms with Gasteiger partial charge in [0.2, 0.25) is 0 Å². The topological polar surface area (TPSA) is 61.4 Å². The van der Waals surface area contributed by atoms with E-state index < -0.39 is 5.92 Å². The number of carbonyl (C=O) groups excluding carboxylic acids is 2. The third-order valence-corrected chi connectivity index (χ3v) is 5.96. The van der Waals surface area contributed by atoms with Crippen LogP contribution in [0.1, 0.15) is 12.0 Å². The summed E-state index contributed by atoms with van der Waals surface area (Å²) in [5.74, 6) is -0.0162. The van der Waals surface area contributed by atoms with Gasteiger partial charge in [-0.3, -0.25) is 14.9 Å². The Kier molecular flexibility index (Phi) is 4.80. The summed E-state index contributed by atoms with van der Waals surface area (Å²) in [6.45, 7) is 2.07. The SMILES string of the molecule is Cc1ccc(SCC2CC(=O)C3C(=O)N(c4ccccc4)NC3N2)cc1. The Labute approximate surface area is 157 Å². The van der Waals surface area contributed by atoms with E-state index in [2.05, 4.69) is 41.9 Å². The van der Waals surface area contributed by atoms with Crippen LogP contribution in [0.2, 0.25) is 0 Å². The van der Waals surface area contributed by atoms with E-state index in [1.807, 2.05) is 30.3 Å². The van der Waals surface area contributed by atoms with Crippen LogP contribution in [-0.4, -0.2) is 29.7 Å². The molecule has 6 heteroatoms. The maximum atomic E-state index is 12.7. The van der Waals surface area contributed by atoms with Crippen LogP contribution in [0.15, 0.2) is 59.5 Å². The number of piperidine rings is 1. The van der Waals surface area contributed by atoms with Gasteiger partial charge in [0.25, 0.3) is 5.91 Å². The van der Waals surface area contributed by atoms with Crippen molar-refractivity contribution in [3.63, 3.8) is 0 Å². The van der Waals surface area contributed by atoms with Crippen LogP contribution < -0.4 is 15.8 Å². The van der Waals surface area contributed by atoms with Crippen LogP contribution in [-0.2, 0) is 9.59 Å². The van der Waals surface area contributed by atoms with Crippen molar-refractivity contribution >= 4 is 29.1 Å². The maximum absolute atomic E-state index is 12.7. The van der Waals surface area contributed by atoms with E-state index in [-0.39, 0.29) is 23.9 Å². The molecule has 2 aromatic carbocycles. The van der Waals surface area contributed by atoms with Crippen LogP contribution >= 0.6 is 11.8 Å². The molecule has 0 radical (unpaired) electrons. The third kappa shape index (κ3) is 3.40. The summed E-state index contributed by atoms with van der Waals surface area (Å²) in [5, 5.41) is 4.94. The fraction of sp³-hybridized carbons (Fsp3) is 0.300. The Morgan fingerprint density at radius 2 is 1.81 bits per heavy atom. The second-order valence-electron chi connectivity index (χ2n) is 6.75. The lowest BCUT2D eigenvalue weighted by molar-refractivity contribution is -0.133. The highest BCUT2D eigenvalue weighted by Crippen LogP contribution is 2.29. The van der Waals surface area contributed by atoms with Crippen LogP contribution in [0.5, 0.6) is 0 Å². The molecule has 0 aromatic heterocycles. The normalized spacial score (nSPS) is 25.4. The second-order valence-corrected chi connectivity index (χ2v) is 7.85. The molecule has 2 saturated heterocycles. The van der Waals surface area contributed by atoms with Crippen molar-refractivity contribution in [2.45, 2.75) is 30.4 Å². The van der Waals surface area contributed by atoms with Crippen molar-refractivity contribution in [3.8, 4) is 0 Å². The number of fused-ring (bicyclic) bond motifs is 1. The van der Waals surface area contributed by atoms with E-state index >= 15 is 0 Å². The fourth-order valence-electron chi connectivity index (χ4n) is 3.42. The van der Waals surface area contributed by atoms with E-state index in [0.29, 0.717) is 6.42 Å². The molecule has 2 fully saturated rings. The van der Waals surface area contributed by atoms with Gasteiger partial charge >= 0.3 is 0 Å². The highest BCUT2D eigenvalue weighted by Gasteiger charge is 2.49. The van der Waals surface area contributed by atoms with Crippen molar-refractivity contribution in [1.82, 2.24) is 10.7 Å². The van der Waals surface area contributed by atoms with Crippen LogP contribution in [0.25, 0.3) is 0 Å². The number of para-hydroxylation sites is 1. The number of amides is 1. The number of hydrazine groups is 1. The van der Waals surface area contributed by atoms with Crippen molar-refractivity contribution in [1.29, 1.82) is 0 Å². The number of thioether (sulfide) groups is 1. The van der Waals surface area contributed by atoms with E-state index in [1.54, 1.807) is 11.8 Å². The summed E-state index contributed by atoms with van der Waals surface area (Å²) < 4.78 is 0. The van der Waals surface area contributed by atoms with Gasteiger partial charge < -0.3 is 0 Å². The number of ketones is 1. The van der Waals surface area contributed by atoms with Crippen molar-refractivity contribution < 1.29 is 9.59 Å². The molecule has 0 saturated carbocycles. The largest absolute Gasteiger partial charge is 0.299 e. The number of nitrogens with zero attached hydrogens (tertiary/aromatic N) is 1. The quantitative estimate of drug-likeness (QED) is 0.642. The van der Waals surface area contributed by atoms with E-state index in [4.69, 9.17) is 0 Å². The van der Waals surface area contributed by atoms with Crippen LogP contribution in [0.4, 0.5) is 5.69 Å². The summed E-state index contributed by atoms with van der Waals surface area (Å²) in [7, 11) is 0. The minimum absolute atomic E-state index is 0.0131. The number of carbonyl (C=O) groups is 2. The van der Waals surface area contributed by atoms with Gasteiger partial charge in [-0.15, -0.1) is 11.8 Å². The first kappa shape index (κ1) is 17.3. The smallest absolute Gasteiger partial charge is 0.255 e. The van der Waals surface area contributed by atoms with Crippen LogP contribution in [0.3, 0.4) is 0 Å². The lowest BCUT2D eigenvalue weighted by Gasteiger charge is -2.30. The Morgan fingerprint density at radius 1 is 1.08 bits per heavy atom. The summed E-state index contributed by atoms with van der Waals surface area (Å²) >= 11 is 1.73. The fourth-order valence-corrected chi connectivity index (χ4v) is 4.35. The summed E-state index contributed by atoms with van der Waals surface area (Å²) in [6, 6.07) is 17.8.